The van der Waals surface area contributed by atoms with Gasteiger partial charge in [-0.15, -0.1) is 13.2 Å². The van der Waals surface area contributed by atoms with Gasteiger partial charge in [0.25, 0.3) is 0 Å². The molecule has 3 amide bonds. The maximum atomic E-state index is 14.6. The van der Waals surface area contributed by atoms with Gasteiger partial charge in [0, 0.05) is 26.2 Å². The highest BCUT2D eigenvalue weighted by molar-refractivity contribution is 5.99. The Labute approximate surface area is 238 Å². The number of hydrogen-bond acceptors (Lipinski definition) is 5. The summed E-state index contributed by atoms with van der Waals surface area (Å²) in [5.74, 6) is -2.23. The largest absolute Gasteiger partial charge is 0.394 e. The Bertz CT molecular complexity index is 1120. The number of nitrogens with zero attached hydrogens (tertiary/aromatic N) is 3. The number of benzene rings is 1. The molecule has 0 aliphatic carbocycles. The zero-order chi connectivity index (χ0) is 29.2. The van der Waals surface area contributed by atoms with Crippen molar-refractivity contribution in [1.82, 2.24) is 14.7 Å². The minimum Gasteiger partial charge on any atom is -0.394 e. The number of amides is 3. The van der Waals surface area contributed by atoms with E-state index in [0.29, 0.717) is 39.0 Å². The summed E-state index contributed by atoms with van der Waals surface area (Å²) in [7, 11) is 0. The van der Waals surface area contributed by atoms with Crippen LogP contribution in [0.5, 0.6) is 0 Å². The lowest BCUT2D eigenvalue weighted by molar-refractivity contribution is -0.158. The lowest BCUT2D eigenvalue weighted by atomic mass is 9.62. The highest BCUT2D eigenvalue weighted by atomic mass is 16.5. The molecule has 3 unspecified atom stereocenters. The summed E-state index contributed by atoms with van der Waals surface area (Å²) in [6, 6.07) is 8.18. The van der Waals surface area contributed by atoms with Crippen LogP contribution in [0.15, 0.2) is 55.6 Å². The van der Waals surface area contributed by atoms with Gasteiger partial charge in [-0.1, -0.05) is 63.3 Å². The van der Waals surface area contributed by atoms with Gasteiger partial charge >= 0.3 is 0 Å². The number of likely N-dealkylation sites (tertiary alicyclic amines) is 1. The maximum Gasteiger partial charge on any atom is 0.249 e. The van der Waals surface area contributed by atoms with Crippen molar-refractivity contribution in [2.24, 2.45) is 17.8 Å². The lowest BCUT2D eigenvalue weighted by Gasteiger charge is -2.39. The summed E-state index contributed by atoms with van der Waals surface area (Å²) in [5.41, 5.74) is -1.09. The van der Waals surface area contributed by atoms with Gasteiger partial charge in [-0.25, -0.2) is 0 Å². The fraction of sp³-hybridized carbons (Fsp3) is 0.594. The quantitative estimate of drug-likeness (QED) is 0.380. The van der Waals surface area contributed by atoms with Gasteiger partial charge < -0.3 is 24.5 Å². The first kappa shape index (κ1) is 30.0. The van der Waals surface area contributed by atoms with Crippen LogP contribution in [0.3, 0.4) is 0 Å². The third-order valence-corrected chi connectivity index (χ3v) is 9.36. The molecule has 0 aromatic heterocycles. The number of aliphatic hydroxyl groups excluding tert-OH is 1. The van der Waals surface area contributed by atoms with Crippen LogP contribution in [0.1, 0.15) is 52.5 Å². The second-order valence-corrected chi connectivity index (χ2v) is 11.8. The van der Waals surface area contributed by atoms with Crippen molar-refractivity contribution in [3.05, 3.63) is 61.2 Å². The molecule has 3 fully saturated rings. The third-order valence-electron chi connectivity index (χ3n) is 9.36. The Morgan fingerprint density at radius 2 is 1.80 bits per heavy atom. The van der Waals surface area contributed by atoms with Crippen molar-refractivity contribution in [2.75, 3.05) is 26.2 Å². The van der Waals surface area contributed by atoms with E-state index in [2.05, 4.69) is 13.2 Å². The van der Waals surface area contributed by atoms with E-state index in [-0.39, 0.29) is 30.2 Å². The summed E-state index contributed by atoms with van der Waals surface area (Å²) in [6.45, 7) is 16.9. The molecule has 0 saturated carbocycles. The van der Waals surface area contributed by atoms with Crippen molar-refractivity contribution >= 4 is 17.7 Å². The summed E-state index contributed by atoms with van der Waals surface area (Å²) in [4.78, 5) is 48.2. The maximum absolute atomic E-state index is 14.6. The minimum atomic E-state index is -1.16. The second kappa shape index (κ2) is 11.9. The van der Waals surface area contributed by atoms with E-state index in [1.165, 1.54) is 0 Å². The monoisotopic (exact) mass is 551 g/mol. The van der Waals surface area contributed by atoms with Crippen molar-refractivity contribution in [3.8, 4) is 0 Å². The van der Waals surface area contributed by atoms with Crippen LogP contribution >= 0.6 is 0 Å². The van der Waals surface area contributed by atoms with Crippen LogP contribution in [0.25, 0.3) is 0 Å². The van der Waals surface area contributed by atoms with Gasteiger partial charge in [-0.05, 0) is 37.7 Å². The summed E-state index contributed by atoms with van der Waals surface area (Å²) in [6.07, 6.45) is 5.12. The Balaban J connectivity index is 1.82. The predicted octanol–water partition coefficient (Wildman–Crippen LogP) is 3.41. The van der Waals surface area contributed by atoms with E-state index < -0.39 is 35.1 Å². The number of hydrogen-bond donors (Lipinski definition) is 1. The molecule has 3 heterocycles. The Hall–Kier alpha value is -2.97. The molecule has 4 rings (SSSR count). The molecule has 1 aromatic carbocycles. The molecule has 8 nitrogen and oxygen atoms in total. The van der Waals surface area contributed by atoms with E-state index in [1.54, 1.807) is 26.9 Å². The van der Waals surface area contributed by atoms with Gasteiger partial charge in [0.05, 0.1) is 30.1 Å². The number of carbonyl (C=O) groups excluding carboxylic acids is 3. The normalized spacial score (nSPS) is 31.1. The van der Waals surface area contributed by atoms with E-state index in [0.717, 1.165) is 12.0 Å². The molecule has 7 atom stereocenters. The molecule has 2 bridgehead atoms. The van der Waals surface area contributed by atoms with Crippen molar-refractivity contribution in [1.29, 1.82) is 0 Å². The zero-order valence-electron chi connectivity index (χ0n) is 24.4. The number of fused-ring (bicyclic) bond motifs is 1. The van der Waals surface area contributed by atoms with Crippen molar-refractivity contribution in [3.63, 3.8) is 0 Å². The Morgan fingerprint density at radius 3 is 2.38 bits per heavy atom. The number of carbonyl (C=O) groups is 3. The van der Waals surface area contributed by atoms with E-state index in [1.807, 2.05) is 58.0 Å². The van der Waals surface area contributed by atoms with Crippen LogP contribution in [-0.4, -0.2) is 87.1 Å². The Morgan fingerprint density at radius 1 is 1.15 bits per heavy atom. The molecular weight excluding hydrogens is 506 g/mol. The lowest BCUT2D eigenvalue weighted by Crippen LogP contribution is -2.58. The number of ether oxygens (including phenoxy) is 1. The Kier molecular flexibility index (Phi) is 8.90. The first-order chi connectivity index (χ1) is 19.1. The summed E-state index contributed by atoms with van der Waals surface area (Å²) >= 11 is 0. The van der Waals surface area contributed by atoms with Crippen LogP contribution in [-0.2, 0) is 25.7 Å². The average Bonchev–Trinajstić information content (AvgIpc) is 3.46. The molecule has 0 radical (unpaired) electrons. The zero-order valence-corrected chi connectivity index (χ0v) is 24.4. The van der Waals surface area contributed by atoms with Crippen LogP contribution in [0, 0.1) is 17.8 Å². The highest BCUT2D eigenvalue weighted by Crippen LogP contribution is 2.65. The molecule has 1 aromatic rings. The molecule has 1 N–H and O–H groups in total. The van der Waals surface area contributed by atoms with E-state index in [9.17, 15) is 19.5 Å². The molecule has 1 spiro atoms. The average molecular weight is 552 g/mol. The van der Waals surface area contributed by atoms with Gasteiger partial charge in [0.15, 0.2) is 0 Å². The van der Waals surface area contributed by atoms with Crippen LogP contribution < -0.4 is 0 Å². The predicted molar refractivity (Wildman–Crippen MR) is 154 cm³/mol. The summed E-state index contributed by atoms with van der Waals surface area (Å²) < 4.78 is 6.89. The second-order valence-electron chi connectivity index (χ2n) is 11.8. The van der Waals surface area contributed by atoms with Gasteiger partial charge in [-0.2, -0.15) is 0 Å². The van der Waals surface area contributed by atoms with E-state index >= 15 is 0 Å². The third kappa shape index (κ3) is 4.69. The van der Waals surface area contributed by atoms with Crippen molar-refractivity contribution in [2.45, 2.75) is 76.8 Å². The summed E-state index contributed by atoms with van der Waals surface area (Å²) in [5, 5.41) is 10.4. The van der Waals surface area contributed by atoms with Gasteiger partial charge in [0.1, 0.15) is 11.6 Å². The molecule has 8 heteroatoms. The number of rotatable bonds is 13. The molecule has 3 aliphatic rings. The minimum absolute atomic E-state index is 0.0517. The topological polar surface area (TPSA) is 90.4 Å². The van der Waals surface area contributed by atoms with E-state index in [4.69, 9.17) is 4.74 Å². The standard InChI is InChI=1S/C32H45N3O5/c1-7-16-33(17-8-2)28(37)25-26-29(38)35(24(10-4)21-36)27(32(26)19-22(5)31(25,6)40-32)30(39)34(18-9-3)20-23-14-12-11-13-15-23/h7,9,11-15,22,24-27,36H,1,3,8,10,16-21H2,2,4-6H3/t22?,24-,25+,26-,27?,31-,32?/m0/s1. The molecule has 218 valence electrons. The molecular formula is C32H45N3O5. The smallest absolute Gasteiger partial charge is 0.249 e. The molecule has 40 heavy (non-hydrogen) atoms. The first-order valence-corrected chi connectivity index (χ1v) is 14.6. The SMILES string of the molecule is C=CCN(Cc1ccccc1)C(=O)C1N([C@@H](CC)CO)C(=O)[C@@H]2[C@H](C(=O)N(CC=C)CCC)[C@@]3(C)OC12CC3C. The highest BCUT2D eigenvalue weighted by Gasteiger charge is 2.80. The fourth-order valence-electron chi connectivity index (χ4n) is 7.42. The van der Waals surface area contributed by atoms with Crippen molar-refractivity contribution < 1.29 is 24.2 Å². The fourth-order valence-corrected chi connectivity index (χ4v) is 7.42. The first-order valence-electron chi connectivity index (χ1n) is 14.6. The van der Waals surface area contributed by atoms with Gasteiger partial charge in [0.2, 0.25) is 17.7 Å². The molecule has 3 saturated heterocycles. The molecule has 3 aliphatic heterocycles. The van der Waals surface area contributed by atoms with Crippen LogP contribution in [0.2, 0.25) is 0 Å². The van der Waals surface area contributed by atoms with Gasteiger partial charge in [-0.3, -0.25) is 14.4 Å². The van der Waals surface area contributed by atoms with Crippen LogP contribution in [0.4, 0.5) is 0 Å². The number of aliphatic hydroxyl groups is 1.